The molecule has 4 aliphatic rings. The molecule has 39 heavy (non-hydrogen) atoms. The van der Waals surface area contributed by atoms with Crippen LogP contribution in [0.2, 0.25) is 0 Å². The lowest BCUT2D eigenvalue weighted by Crippen LogP contribution is -2.57. The van der Waals surface area contributed by atoms with Crippen LogP contribution < -0.4 is 16.0 Å². The Kier molecular flexibility index (Phi) is 8.64. The van der Waals surface area contributed by atoms with Crippen LogP contribution in [0.5, 0.6) is 0 Å². The molecule has 4 aliphatic carbocycles. The largest absolute Gasteiger partial charge is 0.359 e. The molecule has 0 aliphatic heterocycles. The number of carbonyl (C=O) groups is 3. The third-order valence-corrected chi connectivity index (χ3v) is 9.92. The van der Waals surface area contributed by atoms with E-state index in [2.05, 4.69) is 16.0 Å². The lowest BCUT2D eigenvalue weighted by atomic mass is 9.68. The molecule has 0 heterocycles. The number of amides is 2. The Bertz CT molecular complexity index is 1090. The van der Waals surface area contributed by atoms with Crippen LogP contribution in [-0.2, 0) is 9.59 Å². The number of hydrogen-bond donors (Lipinski definition) is 3. The molecule has 10 atom stereocenters. The van der Waals surface area contributed by atoms with Gasteiger partial charge in [-0.25, -0.2) is 13.2 Å². The zero-order valence-electron chi connectivity index (χ0n) is 22.5. The van der Waals surface area contributed by atoms with Crippen LogP contribution in [0, 0.1) is 35.4 Å². The summed E-state index contributed by atoms with van der Waals surface area (Å²) in [6.07, 6.45) is 3.50. The van der Waals surface area contributed by atoms with Crippen LogP contribution in [0.4, 0.5) is 13.2 Å². The highest BCUT2D eigenvalue weighted by atomic mass is 19.1. The molecule has 3 N–H and O–H groups in total. The maximum Gasteiger partial charge on any atom is 0.251 e. The third-order valence-electron chi connectivity index (χ3n) is 9.92. The first-order chi connectivity index (χ1) is 18.7. The highest BCUT2D eigenvalue weighted by Crippen LogP contribution is 2.47. The summed E-state index contributed by atoms with van der Waals surface area (Å²) < 4.78 is 43.2. The van der Waals surface area contributed by atoms with Gasteiger partial charge in [-0.05, 0) is 87.8 Å². The molecular weight excluding hydrogens is 507 g/mol. The van der Waals surface area contributed by atoms with E-state index < -0.39 is 36.2 Å². The predicted molar refractivity (Wildman–Crippen MR) is 147 cm³/mol. The molecule has 4 fully saturated rings. The molecule has 220 valence electrons. The lowest BCUT2D eigenvalue weighted by Gasteiger charge is -2.41. The number of halogens is 3. The molecule has 0 spiro atoms. The summed E-state index contributed by atoms with van der Waals surface area (Å²) >= 11 is 0. The highest BCUT2D eigenvalue weighted by Gasteiger charge is 2.47. The topological polar surface area (TPSA) is 87.3 Å². The summed E-state index contributed by atoms with van der Waals surface area (Å²) in [5.41, 5.74) is 0.104. The molecule has 2 amide bonds. The number of rotatable bonds is 5. The van der Waals surface area contributed by atoms with Crippen molar-refractivity contribution in [2.75, 3.05) is 7.05 Å². The fourth-order valence-electron chi connectivity index (χ4n) is 7.80. The second-order valence-corrected chi connectivity index (χ2v) is 12.2. The molecule has 0 bridgehead atoms. The van der Waals surface area contributed by atoms with Gasteiger partial charge in [-0.15, -0.1) is 0 Å². The summed E-state index contributed by atoms with van der Waals surface area (Å²) in [6.45, 7) is 0. The van der Waals surface area contributed by atoms with Gasteiger partial charge in [-0.1, -0.05) is 6.07 Å². The Balaban J connectivity index is 0.00000205. The fourth-order valence-corrected chi connectivity index (χ4v) is 7.80. The number of ketones is 1. The van der Waals surface area contributed by atoms with Gasteiger partial charge in [0.15, 0.2) is 0 Å². The van der Waals surface area contributed by atoms with Crippen LogP contribution in [0.25, 0.3) is 0 Å². The molecule has 0 aromatic heterocycles. The standard InChI is InChI=1S/C30H40F3N3O3.3H2/c1-34-29(38)19-8-6-16-5-7-17-12-21(9-10-22(17)28(37)23(16)13-19)35-26-15-27(25(33)14-24(26)32)36-30(39)18-3-2-4-20(31)11-18;;;/h2-4,11,16-17,19,21-27,35H,5-10,12-15H2,1H3,(H,34,38)(H,36,39);3*1H. The van der Waals surface area contributed by atoms with Crippen molar-refractivity contribution in [1.82, 2.24) is 16.0 Å². The first kappa shape index (κ1) is 28.1. The SMILES string of the molecule is CNC(=O)C1CCC2CCC3CC(NC4CC(NC(=O)c5cccc(F)c5)C(F)CC4F)CCC3C(=O)C2C1.[HH].[HH].[HH]. The van der Waals surface area contributed by atoms with Crippen molar-refractivity contribution in [2.24, 2.45) is 29.6 Å². The Morgan fingerprint density at radius 2 is 1.62 bits per heavy atom. The van der Waals surface area contributed by atoms with Crippen molar-refractivity contribution >= 4 is 17.6 Å². The number of alkyl halides is 2. The van der Waals surface area contributed by atoms with Crippen molar-refractivity contribution in [2.45, 2.75) is 94.7 Å². The summed E-state index contributed by atoms with van der Waals surface area (Å²) in [5.74, 6) is -0.350. The van der Waals surface area contributed by atoms with E-state index in [0.717, 1.165) is 51.0 Å². The normalized spacial score (nSPS) is 38.6. The average Bonchev–Trinajstić information content (AvgIpc) is 3.06. The lowest BCUT2D eigenvalue weighted by molar-refractivity contribution is -0.134. The number of carbonyl (C=O) groups excluding carboxylic acids is 3. The molecule has 6 nitrogen and oxygen atoms in total. The summed E-state index contributed by atoms with van der Waals surface area (Å²) in [5, 5.41) is 8.81. The van der Waals surface area contributed by atoms with Gasteiger partial charge in [0.05, 0.1) is 6.04 Å². The number of fused-ring (bicyclic) bond motifs is 2. The van der Waals surface area contributed by atoms with Crippen molar-refractivity contribution in [3.05, 3.63) is 35.6 Å². The minimum atomic E-state index is -1.52. The molecule has 5 rings (SSSR count). The van der Waals surface area contributed by atoms with Crippen molar-refractivity contribution in [3.63, 3.8) is 0 Å². The van der Waals surface area contributed by atoms with E-state index in [1.165, 1.54) is 18.2 Å². The van der Waals surface area contributed by atoms with Gasteiger partial charge < -0.3 is 16.0 Å². The van der Waals surface area contributed by atoms with Gasteiger partial charge in [0.1, 0.15) is 23.9 Å². The molecule has 4 saturated carbocycles. The van der Waals surface area contributed by atoms with E-state index in [9.17, 15) is 27.6 Å². The first-order valence-corrected chi connectivity index (χ1v) is 14.6. The number of benzene rings is 1. The quantitative estimate of drug-likeness (QED) is 0.478. The minimum Gasteiger partial charge on any atom is -0.359 e. The second kappa shape index (κ2) is 12.0. The number of hydrogen-bond acceptors (Lipinski definition) is 4. The maximum atomic E-state index is 15.0. The zero-order valence-corrected chi connectivity index (χ0v) is 22.5. The summed E-state index contributed by atoms with van der Waals surface area (Å²) in [6, 6.07) is 3.77. The molecule has 0 radical (unpaired) electrons. The summed E-state index contributed by atoms with van der Waals surface area (Å²) in [4.78, 5) is 38.4. The van der Waals surface area contributed by atoms with E-state index >= 15 is 0 Å². The summed E-state index contributed by atoms with van der Waals surface area (Å²) in [7, 11) is 1.65. The van der Waals surface area contributed by atoms with Gasteiger partial charge in [0.2, 0.25) is 5.91 Å². The van der Waals surface area contributed by atoms with E-state index in [0.29, 0.717) is 18.1 Å². The minimum absolute atomic E-state index is 0. The van der Waals surface area contributed by atoms with Crippen molar-refractivity contribution < 1.29 is 31.8 Å². The highest BCUT2D eigenvalue weighted by molar-refractivity contribution is 5.94. The number of nitrogens with one attached hydrogen (secondary N) is 3. The smallest absolute Gasteiger partial charge is 0.251 e. The molecular formula is C30H46F3N3O3. The van der Waals surface area contributed by atoms with E-state index in [1.807, 2.05) is 0 Å². The van der Waals surface area contributed by atoms with E-state index in [4.69, 9.17) is 0 Å². The predicted octanol–water partition coefficient (Wildman–Crippen LogP) is 5.02. The van der Waals surface area contributed by atoms with E-state index in [1.54, 1.807) is 7.05 Å². The Hall–Kier alpha value is -2.42. The van der Waals surface area contributed by atoms with Gasteiger partial charge >= 0.3 is 0 Å². The van der Waals surface area contributed by atoms with Crippen LogP contribution in [0.3, 0.4) is 0 Å². The third kappa shape index (κ3) is 6.18. The zero-order chi connectivity index (χ0) is 27.7. The van der Waals surface area contributed by atoms with Gasteiger partial charge in [0.25, 0.3) is 5.91 Å². The average molecular weight is 554 g/mol. The van der Waals surface area contributed by atoms with Crippen LogP contribution in [0.1, 0.15) is 78.8 Å². The van der Waals surface area contributed by atoms with Crippen molar-refractivity contribution in [1.29, 1.82) is 0 Å². The van der Waals surface area contributed by atoms with Gasteiger partial charge in [-0.3, -0.25) is 14.4 Å². The van der Waals surface area contributed by atoms with Crippen LogP contribution in [-0.4, -0.2) is 55.1 Å². The van der Waals surface area contributed by atoms with Crippen LogP contribution in [0.15, 0.2) is 24.3 Å². The van der Waals surface area contributed by atoms with Gasteiger partial charge in [0, 0.05) is 53.1 Å². The Labute approximate surface area is 232 Å². The van der Waals surface area contributed by atoms with Gasteiger partial charge in [-0.2, -0.15) is 0 Å². The molecule has 9 heteroatoms. The molecule has 10 unspecified atom stereocenters. The second-order valence-electron chi connectivity index (χ2n) is 12.2. The van der Waals surface area contributed by atoms with Crippen LogP contribution >= 0.6 is 0 Å². The molecule has 0 saturated heterocycles. The monoisotopic (exact) mass is 553 g/mol. The number of Topliss-reactive ketones (excluding diaryl/α,β-unsaturated/α-hetero) is 1. The Morgan fingerprint density at radius 1 is 0.872 bits per heavy atom. The van der Waals surface area contributed by atoms with E-state index in [-0.39, 0.29) is 58.3 Å². The fraction of sp³-hybridized carbons (Fsp3) is 0.700. The molecule has 1 aromatic rings. The Morgan fingerprint density at radius 3 is 2.38 bits per heavy atom. The first-order valence-electron chi connectivity index (χ1n) is 14.6. The molecule has 1 aromatic carbocycles. The maximum absolute atomic E-state index is 15.0. The van der Waals surface area contributed by atoms with Crippen molar-refractivity contribution in [3.8, 4) is 0 Å².